The lowest BCUT2D eigenvalue weighted by atomic mass is 10.1. The number of sulfone groups is 1. The first-order valence-electron chi connectivity index (χ1n) is 12.0. The number of hydrogen-bond acceptors (Lipinski definition) is 5. The molecule has 33 heavy (non-hydrogen) atoms. The van der Waals surface area contributed by atoms with E-state index in [0.29, 0.717) is 30.9 Å². The summed E-state index contributed by atoms with van der Waals surface area (Å²) in [7, 11) is -3.13. The van der Waals surface area contributed by atoms with E-state index in [9.17, 15) is 13.2 Å². The van der Waals surface area contributed by atoms with Gasteiger partial charge in [-0.2, -0.15) is 0 Å². The maximum Gasteiger partial charge on any atom is 0.258 e. The van der Waals surface area contributed by atoms with Gasteiger partial charge in [-0.3, -0.25) is 4.79 Å². The second kappa shape index (κ2) is 11.5. The molecule has 1 fully saturated rings. The second-order valence-electron chi connectivity index (χ2n) is 8.53. The molecule has 0 N–H and O–H groups in total. The molecule has 2 aromatic carbocycles. The number of benzene rings is 2. The van der Waals surface area contributed by atoms with Crippen molar-refractivity contribution >= 4 is 21.4 Å². The lowest BCUT2D eigenvalue weighted by molar-refractivity contribution is 0.0676. The number of anilines is 1. The summed E-state index contributed by atoms with van der Waals surface area (Å²) in [4.78, 5) is 17.7. The van der Waals surface area contributed by atoms with Crippen molar-refractivity contribution in [1.82, 2.24) is 4.90 Å². The zero-order chi connectivity index (χ0) is 23.8. The fraction of sp³-hybridized carbons (Fsp3) is 0.500. The van der Waals surface area contributed by atoms with Gasteiger partial charge in [0, 0.05) is 31.4 Å². The quantitative estimate of drug-likeness (QED) is 0.449. The molecule has 0 spiro atoms. The van der Waals surface area contributed by atoms with Crippen molar-refractivity contribution < 1.29 is 17.9 Å². The average Bonchev–Trinajstić information content (AvgIpc) is 3.18. The number of carbonyl (C=O) groups is 1. The third-order valence-corrected chi connectivity index (χ3v) is 7.95. The van der Waals surface area contributed by atoms with Crippen LogP contribution in [0.2, 0.25) is 0 Å². The minimum Gasteiger partial charge on any atom is -0.493 e. The van der Waals surface area contributed by atoms with Gasteiger partial charge >= 0.3 is 0 Å². The van der Waals surface area contributed by atoms with Gasteiger partial charge in [0.2, 0.25) is 0 Å². The van der Waals surface area contributed by atoms with Crippen LogP contribution in [-0.2, 0) is 16.4 Å². The van der Waals surface area contributed by atoms with Gasteiger partial charge in [-0.15, -0.1) is 0 Å². The molecule has 1 atom stereocenters. The SMILES string of the molecule is CCCCOc1ccccc1C(=O)N(Cc1ccc(N(CC)CC)cc1)C1CCS(=O)(=O)C1. The molecule has 1 saturated heterocycles. The predicted molar refractivity (Wildman–Crippen MR) is 134 cm³/mol. The molecule has 3 rings (SSSR count). The van der Waals surface area contributed by atoms with E-state index in [2.05, 4.69) is 37.8 Å². The summed E-state index contributed by atoms with van der Waals surface area (Å²) in [5.74, 6) is 0.502. The van der Waals surface area contributed by atoms with Crippen molar-refractivity contribution in [3.05, 3.63) is 59.7 Å². The zero-order valence-electron chi connectivity index (χ0n) is 20.0. The first-order valence-corrected chi connectivity index (χ1v) is 13.8. The molecule has 0 aromatic heterocycles. The second-order valence-corrected chi connectivity index (χ2v) is 10.8. The third kappa shape index (κ3) is 6.50. The van der Waals surface area contributed by atoms with E-state index in [1.54, 1.807) is 11.0 Å². The molecule has 0 saturated carbocycles. The molecule has 1 heterocycles. The zero-order valence-corrected chi connectivity index (χ0v) is 20.8. The molecule has 7 heteroatoms. The first-order chi connectivity index (χ1) is 15.9. The van der Waals surface area contributed by atoms with E-state index in [1.165, 1.54) is 0 Å². The summed E-state index contributed by atoms with van der Waals surface area (Å²) in [6, 6.07) is 15.1. The minimum absolute atomic E-state index is 0.00906. The van der Waals surface area contributed by atoms with Crippen LogP contribution in [0.5, 0.6) is 5.75 Å². The summed E-state index contributed by atoms with van der Waals surface area (Å²) in [6.07, 6.45) is 2.38. The molecule has 1 aliphatic heterocycles. The Morgan fingerprint density at radius 1 is 1.03 bits per heavy atom. The number of ether oxygens (including phenoxy) is 1. The van der Waals surface area contributed by atoms with E-state index < -0.39 is 9.84 Å². The van der Waals surface area contributed by atoms with Crippen LogP contribution in [0, 0.1) is 0 Å². The molecule has 180 valence electrons. The van der Waals surface area contributed by atoms with E-state index in [1.807, 2.05) is 30.3 Å². The highest BCUT2D eigenvalue weighted by atomic mass is 32.2. The van der Waals surface area contributed by atoms with Crippen molar-refractivity contribution in [3.63, 3.8) is 0 Å². The Balaban J connectivity index is 1.87. The predicted octanol–water partition coefficient (Wildman–Crippen LogP) is 4.54. The van der Waals surface area contributed by atoms with Crippen LogP contribution in [0.3, 0.4) is 0 Å². The average molecular weight is 473 g/mol. The van der Waals surface area contributed by atoms with E-state index in [-0.39, 0.29) is 23.5 Å². The van der Waals surface area contributed by atoms with Gasteiger partial charge in [0.05, 0.1) is 23.7 Å². The topological polar surface area (TPSA) is 66.9 Å². The van der Waals surface area contributed by atoms with Gasteiger partial charge in [0.15, 0.2) is 9.84 Å². The normalized spacial score (nSPS) is 17.0. The van der Waals surface area contributed by atoms with Crippen molar-refractivity contribution in [2.24, 2.45) is 0 Å². The van der Waals surface area contributed by atoms with Crippen molar-refractivity contribution in [2.45, 2.75) is 52.6 Å². The Bertz CT molecular complexity index is 1020. The summed E-state index contributed by atoms with van der Waals surface area (Å²) >= 11 is 0. The molecule has 1 amide bonds. The summed E-state index contributed by atoms with van der Waals surface area (Å²) in [5.41, 5.74) is 2.60. The summed E-state index contributed by atoms with van der Waals surface area (Å²) in [6.45, 7) is 9.10. The van der Waals surface area contributed by atoms with Crippen LogP contribution in [0.25, 0.3) is 0 Å². The minimum atomic E-state index is -3.13. The van der Waals surface area contributed by atoms with Crippen molar-refractivity contribution in [1.29, 1.82) is 0 Å². The molecule has 1 unspecified atom stereocenters. The highest BCUT2D eigenvalue weighted by Gasteiger charge is 2.35. The fourth-order valence-corrected chi connectivity index (χ4v) is 5.97. The largest absolute Gasteiger partial charge is 0.493 e. The third-order valence-electron chi connectivity index (χ3n) is 6.20. The Hall–Kier alpha value is -2.54. The maximum atomic E-state index is 13.7. The highest BCUT2D eigenvalue weighted by Crippen LogP contribution is 2.27. The molecule has 1 aliphatic rings. The van der Waals surface area contributed by atoms with Gasteiger partial charge in [0.25, 0.3) is 5.91 Å². The Labute approximate surface area is 198 Å². The monoisotopic (exact) mass is 472 g/mol. The summed E-state index contributed by atoms with van der Waals surface area (Å²) < 4.78 is 30.3. The number of carbonyl (C=O) groups excluding carboxylic acids is 1. The Morgan fingerprint density at radius 3 is 2.33 bits per heavy atom. The number of nitrogens with zero attached hydrogens (tertiary/aromatic N) is 2. The lowest BCUT2D eigenvalue weighted by Gasteiger charge is -2.29. The van der Waals surface area contributed by atoms with Crippen molar-refractivity contribution in [2.75, 3.05) is 36.1 Å². The molecule has 0 aliphatic carbocycles. The first kappa shape index (κ1) is 25.1. The van der Waals surface area contributed by atoms with E-state index >= 15 is 0 Å². The molecule has 2 aromatic rings. The van der Waals surface area contributed by atoms with Gasteiger partial charge in [0.1, 0.15) is 5.75 Å². The molecule has 0 bridgehead atoms. The van der Waals surface area contributed by atoms with E-state index in [0.717, 1.165) is 37.2 Å². The number of para-hydroxylation sites is 1. The maximum absolute atomic E-state index is 13.7. The van der Waals surface area contributed by atoms with Crippen LogP contribution in [0.15, 0.2) is 48.5 Å². The number of amides is 1. The molecular weight excluding hydrogens is 436 g/mol. The van der Waals surface area contributed by atoms with Crippen LogP contribution in [0.1, 0.15) is 56.0 Å². The molecular formula is C26H36N2O4S. The van der Waals surface area contributed by atoms with Crippen LogP contribution in [0.4, 0.5) is 5.69 Å². The van der Waals surface area contributed by atoms with Gasteiger partial charge < -0.3 is 14.5 Å². The summed E-state index contributed by atoms with van der Waals surface area (Å²) in [5, 5.41) is 0. The molecule has 0 radical (unpaired) electrons. The fourth-order valence-electron chi connectivity index (χ4n) is 4.24. The molecule has 6 nitrogen and oxygen atoms in total. The Kier molecular flexibility index (Phi) is 8.78. The van der Waals surface area contributed by atoms with Gasteiger partial charge in [-0.25, -0.2) is 8.42 Å². The number of rotatable bonds is 11. The van der Waals surface area contributed by atoms with Gasteiger partial charge in [-0.05, 0) is 56.5 Å². The van der Waals surface area contributed by atoms with Gasteiger partial charge in [-0.1, -0.05) is 37.6 Å². The van der Waals surface area contributed by atoms with E-state index in [4.69, 9.17) is 4.74 Å². The Morgan fingerprint density at radius 2 is 1.73 bits per heavy atom. The van der Waals surface area contributed by atoms with Crippen molar-refractivity contribution in [3.8, 4) is 5.75 Å². The number of hydrogen-bond donors (Lipinski definition) is 0. The highest BCUT2D eigenvalue weighted by molar-refractivity contribution is 7.91. The van der Waals surface area contributed by atoms with Crippen LogP contribution >= 0.6 is 0 Å². The van der Waals surface area contributed by atoms with Crippen LogP contribution < -0.4 is 9.64 Å². The number of unbranched alkanes of at least 4 members (excludes halogenated alkanes) is 1. The lowest BCUT2D eigenvalue weighted by Crippen LogP contribution is -2.40. The smallest absolute Gasteiger partial charge is 0.258 e. The van der Waals surface area contributed by atoms with Crippen LogP contribution in [-0.4, -0.2) is 56.5 Å². The standard InChI is InChI=1S/C26H36N2O4S/c1-4-7-17-32-25-11-9-8-10-24(25)26(29)28(23-16-18-33(30,31)20-23)19-21-12-14-22(15-13-21)27(5-2)6-3/h8-15,23H,4-7,16-20H2,1-3H3.